The molecule has 2 amide bonds. The number of nitrogens with zero attached hydrogens (tertiary/aromatic N) is 2. The molecule has 7 heteroatoms. The predicted molar refractivity (Wildman–Crippen MR) is 112 cm³/mol. The van der Waals surface area contributed by atoms with Crippen molar-refractivity contribution in [3.8, 4) is 5.69 Å². The number of anilines is 1. The molecule has 1 aromatic heterocycles. The van der Waals surface area contributed by atoms with E-state index in [9.17, 15) is 9.59 Å². The molecule has 3 aromatic rings. The van der Waals surface area contributed by atoms with E-state index < -0.39 is 5.91 Å². The molecule has 0 bridgehead atoms. The van der Waals surface area contributed by atoms with Gasteiger partial charge in [0.05, 0.1) is 10.9 Å². The standard InChI is InChI=1S/C21H22N4O2S/c1-13-4-9-18(14(2)12-13)25-11-10-23-21(25)28-15(3)20(27)24-17-7-5-16(6-8-17)19(22)26/h4-12,15H,1-3H3,(H2,22,26)(H,24,27)/t15-/m1/s1. The van der Waals surface area contributed by atoms with Crippen LogP contribution in [0.4, 0.5) is 5.69 Å². The van der Waals surface area contributed by atoms with Gasteiger partial charge in [-0.2, -0.15) is 0 Å². The molecule has 0 spiro atoms. The van der Waals surface area contributed by atoms with Crippen LogP contribution in [-0.4, -0.2) is 26.6 Å². The highest BCUT2D eigenvalue weighted by Gasteiger charge is 2.18. The zero-order valence-corrected chi connectivity index (χ0v) is 16.8. The second kappa shape index (κ2) is 8.31. The van der Waals surface area contributed by atoms with E-state index in [0.717, 1.165) is 16.4 Å². The summed E-state index contributed by atoms with van der Waals surface area (Å²) in [5, 5.41) is 3.24. The second-order valence-corrected chi connectivity index (χ2v) is 7.87. The molecule has 3 rings (SSSR count). The smallest absolute Gasteiger partial charge is 0.248 e. The van der Waals surface area contributed by atoms with E-state index in [4.69, 9.17) is 5.73 Å². The van der Waals surface area contributed by atoms with Crippen LogP contribution < -0.4 is 11.1 Å². The molecule has 2 aromatic carbocycles. The van der Waals surface area contributed by atoms with Gasteiger partial charge in [0.2, 0.25) is 11.8 Å². The predicted octanol–water partition coefficient (Wildman–Crippen LogP) is 3.71. The van der Waals surface area contributed by atoms with Crippen LogP contribution in [0, 0.1) is 13.8 Å². The van der Waals surface area contributed by atoms with Crippen molar-refractivity contribution in [1.29, 1.82) is 0 Å². The molecule has 0 aliphatic heterocycles. The van der Waals surface area contributed by atoms with Gasteiger partial charge >= 0.3 is 0 Å². The van der Waals surface area contributed by atoms with Crippen LogP contribution in [-0.2, 0) is 4.79 Å². The number of carbonyl (C=O) groups is 2. The molecule has 28 heavy (non-hydrogen) atoms. The Hall–Kier alpha value is -3.06. The van der Waals surface area contributed by atoms with Crippen LogP contribution >= 0.6 is 11.8 Å². The molecule has 0 fully saturated rings. The highest BCUT2D eigenvalue weighted by molar-refractivity contribution is 8.00. The average Bonchev–Trinajstić information content (AvgIpc) is 3.10. The van der Waals surface area contributed by atoms with Crippen molar-refractivity contribution in [3.63, 3.8) is 0 Å². The molecule has 0 saturated carbocycles. The molecule has 144 valence electrons. The summed E-state index contributed by atoms with van der Waals surface area (Å²) >= 11 is 1.39. The number of thioether (sulfide) groups is 1. The van der Waals surface area contributed by atoms with Gasteiger partial charge in [0, 0.05) is 23.6 Å². The minimum atomic E-state index is -0.500. The molecule has 6 nitrogen and oxygen atoms in total. The molecule has 3 N–H and O–H groups in total. The Morgan fingerprint density at radius 1 is 1.14 bits per heavy atom. The van der Waals surface area contributed by atoms with E-state index in [1.54, 1.807) is 30.5 Å². The number of aryl methyl sites for hydroxylation is 2. The molecule has 0 unspecified atom stereocenters. The number of nitrogens with two attached hydrogens (primary N) is 1. The maximum atomic E-state index is 12.6. The molecule has 0 saturated heterocycles. The number of benzene rings is 2. The highest BCUT2D eigenvalue weighted by atomic mass is 32.2. The Labute approximate surface area is 168 Å². The summed E-state index contributed by atoms with van der Waals surface area (Å²) in [6.45, 7) is 5.95. The Kier molecular flexibility index (Phi) is 5.84. The van der Waals surface area contributed by atoms with Gasteiger partial charge in [0.1, 0.15) is 0 Å². The number of rotatable bonds is 6. The molecule has 1 atom stereocenters. The SMILES string of the molecule is Cc1ccc(-n2ccnc2S[C@H](C)C(=O)Nc2ccc(C(N)=O)cc2)c(C)c1. The number of hydrogen-bond acceptors (Lipinski definition) is 4. The van der Waals surface area contributed by atoms with Crippen LogP contribution in [0.25, 0.3) is 5.69 Å². The lowest BCUT2D eigenvalue weighted by molar-refractivity contribution is -0.115. The van der Waals surface area contributed by atoms with Gasteiger partial charge in [0.25, 0.3) is 0 Å². The third kappa shape index (κ3) is 4.43. The largest absolute Gasteiger partial charge is 0.366 e. The van der Waals surface area contributed by atoms with E-state index in [-0.39, 0.29) is 11.2 Å². The van der Waals surface area contributed by atoms with Crippen LogP contribution in [0.3, 0.4) is 0 Å². The number of primary amides is 1. The summed E-state index contributed by atoms with van der Waals surface area (Å²) in [6, 6.07) is 12.7. The first-order valence-electron chi connectivity index (χ1n) is 8.83. The third-order valence-corrected chi connectivity index (χ3v) is 5.39. The average molecular weight is 395 g/mol. The van der Waals surface area contributed by atoms with Crippen molar-refractivity contribution in [2.24, 2.45) is 5.73 Å². The number of amides is 2. The Morgan fingerprint density at radius 2 is 1.86 bits per heavy atom. The fraction of sp³-hybridized carbons (Fsp3) is 0.190. The van der Waals surface area contributed by atoms with Crippen LogP contribution in [0.5, 0.6) is 0 Å². The van der Waals surface area contributed by atoms with Crippen molar-refractivity contribution in [1.82, 2.24) is 9.55 Å². The van der Waals surface area contributed by atoms with E-state index in [1.165, 1.54) is 17.3 Å². The highest BCUT2D eigenvalue weighted by Crippen LogP contribution is 2.27. The Bertz CT molecular complexity index is 1010. The summed E-state index contributed by atoms with van der Waals surface area (Å²) in [5.74, 6) is -0.646. The fourth-order valence-electron chi connectivity index (χ4n) is 2.81. The fourth-order valence-corrected chi connectivity index (χ4v) is 3.69. The minimum absolute atomic E-state index is 0.146. The van der Waals surface area contributed by atoms with Gasteiger partial charge in [-0.05, 0) is 56.7 Å². The number of aromatic nitrogens is 2. The quantitative estimate of drug-likeness (QED) is 0.624. The first kappa shape index (κ1) is 19.7. The third-order valence-electron chi connectivity index (χ3n) is 4.31. The Balaban J connectivity index is 1.71. The van der Waals surface area contributed by atoms with Gasteiger partial charge in [-0.15, -0.1) is 0 Å². The summed E-state index contributed by atoms with van der Waals surface area (Å²) in [6.07, 6.45) is 3.63. The Morgan fingerprint density at radius 3 is 2.50 bits per heavy atom. The normalized spacial score (nSPS) is 11.8. The molecular formula is C21H22N4O2S. The van der Waals surface area contributed by atoms with Crippen molar-refractivity contribution >= 4 is 29.3 Å². The van der Waals surface area contributed by atoms with Crippen molar-refractivity contribution < 1.29 is 9.59 Å². The van der Waals surface area contributed by atoms with Crippen molar-refractivity contribution in [2.45, 2.75) is 31.2 Å². The van der Waals surface area contributed by atoms with Gasteiger partial charge in [-0.1, -0.05) is 29.5 Å². The van der Waals surface area contributed by atoms with Crippen LogP contribution in [0.1, 0.15) is 28.4 Å². The molecule has 0 aliphatic rings. The lowest BCUT2D eigenvalue weighted by Crippen LogP contribution is -2.23. The van der Waals surface area contributed by atoms with Gasteiger partial charge < -0.3 is 11.1 Å². The summed E-state index contributed by atoms with van der Waals surface area (Å²) < 4.78 is 1.99. The maximum absolute atomic E-state index is 12.6. The first-order chi connectivity index (χ1) is 13.3. The first-order valence-corrected chi connectivity index (χ1v) is 9.71. The van der Waals surface area contributed by atoms with E-state index in [2.05, 4.69) is 42.3 Å². The minimum Gasteiger partial charge on any atom is -0.366 e. The number of imidazole rings is 1. The molecule has 1 heterocycles. The summed E-state index contributed by atoms with van der Waals surface area (Å²) in [5.41, 5.74) is 9.63. The van der Waals surface area contributed by atoms with Crippen LogP contribution in [0.15, 0.2) is 60.0 Å². The molecule has 0 radical (unpaired) electrons. The molecular weight excluding hydrogens is 372 g/mol. The zero-order chi connectivity index (χ0) is 20.3. The lowest BCUT2D eigenvalue weighted by Gasteiger charge is -2.15. The lowest BCUT2D eigenvalue weighted by atomic mass is 10.1. The van der Waals surface area contributed by atoms with Crippen molar-refractivity contribution in [2.75, 3.05) is 5.32 Å². The topological polar surface area (TPSA) is 90.0 Å². The number of hydrogen-bond donors (Lipinski definition) is 2. The van der Waals surface area contributed by atoms with E-state index in [1.807, 2.05) is 17.7 Å². The summed E-state index contributed by atoms with van der Waals surface area (Å²) in [7, 11) is 0. The second-order valence-electron chi connectivity index (χ2n) is 6.56. The van der Waals surface area contributed by atoms with E-state index >= 15 is 0 Å². The molecule has 0 aliphatic carbocycles. The van der Waals surface area contributed by atoms with Gasteiger partial charge in [0.15, 0.2) is 5.16 Å². The number of nitrogens with one attached hydrogen (secondary N) is 1. The summed E-state index contributed by atoms with van der Waals surface area (Å²) in [4.78, 5) is 28.1. The maximum Gasteiger partial charge on any atom is 0.248 e. The van der Waals surface area contributed by atoms with Crippen LogP contribution in [0.2, 0.25) is 0 Å². The zero-order valence-electron chi connectivity index (χ0n) is 16.0. The van der Waals surface area contributed by atoms with E-state index in [0.29, 0.717) is 11.3 Å². The van der Waals surface area contributed by atoms with Gasteiger partial charge in [-0.3, -0.25) is 14.2 Å². The van der Waals surface area contributed by atoms with Gasteiger partial charge in [-0.25, -0.2) is 4.98 Å². The van der Waals surface area contributed by atoms with Crippen molar-refractivity contribution in [3.05, 3.63) is 71.5 Å². The number of carbonyl (C=O) groups excluding carboxylic acids is 2. The monoisotopic (exact) mass is 394 g/mol.